The Bertz CT molecular complexity index is 246. The van der Waals surface area contributed by atoms with E-state index in [1.54, 1.807) is 11.2 Å². The summed E-state index contributed by atoms with van der Waals surface area (Å²) >= 11 is 0. The van der Waals surface area contributed by atoms with Gasteiger partial charge in [-0.2, -0.15) is 5.10 Å². The minimum absolute atomic E-state index is 0.0763. The Morgan fingerprint density at radius 2 is 2.08 bits per heavy atom. The number of carboxylic acid groups (broad SMARTS) is 1. The summed E-state index contributed by atoms with van der Waals surface area (Å²) in [5.41, 5.74) is -0.134. The first-order valence-corrected chi connectivity index (χ1v) is 4.31. The zero-order chi connectivity index (χ0) is 10.2. The molecule has 0 aromatic carbocycles. The molecule has 0 aromatic rings. The monoisotopic (exact) mass is 184 g/mol. The largest absolute Gasteiger partial charge is 0.481 e. The highest BCUT2D eigenvalue weighted by Gasteiger charge is 2.61. The maximum Gasteiger partial charge on any atom is 0.307 e. The van der Waals surface area contributed by atoms with E-state index in [1.807, 2.05) is 27.9 Å². The molecule has 1 rings (SSSR count). The van der Waals surface area contributed by atoms with Crippen molar-refractivity contribution in [3.8, 4) is 0 Å². The Kier molecular flexibility index (Phi) is 2.32. The smallest absolute Gasteiger partial charge is 0.307 e. The van der Waals surface area contributed by atoms with Crippen LogP contribution in [-0.4, -0.2) is 36.4 Å². The predicted octanol–water partition coefficient (Wildman–Crippen LogP) is 0.891. The first-order chi connectivity index (χ1) is 5.87. The van der Waals surface area contributed by atoms with Crippen molar-refractivity contribution < 1.29 is 9.90 Å². The van der Waals surface area contributed by atoms with Gasteiger partial charge in [0.15, 0.2) is 0 Å². The number of carboxylic acids is 1. The van der Waals surface area contributed by atoms with Gasteiger partial charge in [-0.3, -0.25) is 4.79 Å². The van der Waals surface area contributed by atoms with E-state index in [2.05, 4.69) is 5.10 Å². The zero-order valence-electron chi connectivity index (χ0n) is 8.48. The number of aliphatic carboxylic acids is 1. The van der Waals surface area contributed by atoms with Crippen molar-refractivity contribution in [2.45, 2.75) is 13.8 Å². The second-order valence-corrected chi connectivity index (χ2v) is 4.27. The molecule has 0 amide bonds. The van der Waals surface area contributed by atoms with Gasteiger partial charge >= 0.3 is 5.97 Å². The molecule has 1 aliphatic rings. The average Bonchev–Trinajstić information content (AvgIpc) is 2.48. The van der Waals surface area contributed by atoms with E-state index in [1.165, 1.54) is 0 Å². The van der Waals surface area contributed by atoms with E-state index in [0.29, 0.717) is 0 Å². The minimum atomic E-state index is -0.722. The molecule has 0 aromatic heterocycles. The topological polar surface area (TPSA) is 52.9 Å². The molecule has 0 aliphatic heterocycles. The first-order valence-electron chi connectivity index (χ1n) is 4.31. The standard InChI is InChI=1S/C9H16N2O2/c1-9(2)6(5-10-11(3)4)7(9)8(12)13/h5-7H,1-4H3,(H,12,13). The number of rotatable bonds is 3. The molecular weight excluding hydrogens is 168 g/mol. The molecule has 0 radical (unpaired) electrons. The highest BCUT2D eigenvalue weighted by molar-refractivity contribution is 5.84. The van der Waals surface area contributed by atoms with Crippen molar-refractivity contribution in [1.29, 1.82) is 0 Å². The third-order valence-electron chi connectivity index (χ3n) is 2.63. The molecule has 0 spiro atoms. The predicted molar refractivity (Wildman–Crippen MR) is 50.6 cm³/mol. The van der Waals surface area contributed by atoms with Gasteiger partial charge in [-0.25, -0.2) is 0 Å². The lowest BCUT2D eigenvalue weighted by Crippen LogP contribution is -2.04. The molecule has 1 N–H and O–H groups in total. The zero-order valence-corrected chi connectivity index (χ0v) is 8.48. The average molecular weight is 184 g/mol. The van der Waals surface area contributed by atoms with Crippen LogP contribution in [0.3, 0.4) is 0 Å². The minimum Gasteiger partial charge on any atom is -0.481 e. The number of hydrazone groups is 1. The molecule has 4 nitrogen and oxygen atoms in total. The second kappa shape index (κ2) is 3.01. The number of hydrogen-bond acceptors (Lipinski definition) is 3. The molecule has 2 atom stereocenters. The summed E-state index contributed by atoms with van der Waals surface area (Å²) in [4.78, 5) is 10.8. The highest BCUT2D eigenvalue weighted by atomic mass is 16.4. The molecule has 2 unspecified atom stereocenters. The summed E-state index contributed by atoms with van der Waals surface area (Å²) in [7, 11) is 3.64. The molecule has 13 heavy (non-hydrogen) atoms. The molecule has 0 saturated heterocycles. The molecule has 1 aliphatic carbocycles. The van der Waals surface area contributed by atoms with Crippen LogP contribution < -0.4 is 0 Å². The Labute approximate surface area is 78.2 Å². The van der Waals surface area contributed by atoms with Crippen LogP contribution in [0.15, 0.2) is 5.10 Å². The summed E-state index contributed by atoms with van der Waals surface area (Å²) in [5.74, 6) is -0.913. The fourth-order valence-corrected chi connectivity index (χ4v) is 1.63. The van der Waals surface area contributed by atoms with Crippen LogP contribution in [0.5, 0.6) is 0 Å². The van der Waals surface area contributed by atoms with Crippen LogP contribution >= 0.6 is 0 Å². The van der Waals surface area contributed by atoms with Crippen LogP contribution in [0.2, 0.25) is 0 Å². The summed E-state index contributed by atoms with van der Waals surface area (Å²) in [6, 6.07) is 0. The summed E-state index contributed by atoms with van der Waals surface area (Å²) in [5, 5.41) is 14.6. The Morgan fingerprint density at radius 1 is 1.54 bits per heavy atom. The third-order valence-corrected chi connectivity index (χ3v) is 2.63. The van der Waals surface area contributed by atoms with Gasteiger partial charge in [0.25, 0.3) is 0 Å². The van der Waals surface area contributed by atoms with E-state index in [0.717, 1.165) is 0 Å². The Morgan fingerprint density at radius 3 is 2.38 bits per heavy atom. The lowest BCUT2D eigenvalue weighted by atomic mass is 10.1. The van der Waals surface area contributed by atoms with Crippen molar-refractivity contribution in [3.05, 3.63) is 0 Å². The fraction of sp³-hybridized carbons (Fsp3) is 0.778. The van der Waals surface area contributed by atoms with E-state index < -0.39 is 5.97 Å². The van der Waals surface area contributed by atoms with Gasteiger partial charge in [0.05, 0.1) is 5.92 Å². The summed E-state index contributed by atoms with van der Waals surface area (Å²) < 4.78 is 0. The molecule has 1 saturated carbocycles. The van der Waals surface area contributed by atoms with Gasteiger partial charge in [-0.15, -0.1) is 0 Å². The normalized spacial score (nSPS) is 30.5. The van der Waals surface area contributed by atoms with Gasteiger partial charge in [-0.1, -0.05) is 13.8 Å². The molecular formula is C9H16N2O2. The van der Waals surface area contributed by atoms with Crippen LogP contribution in [0.1, 0.15) is 13.8 Å². The van der Waals surface area contributed by atoms with Crippen molar-refractivity contribution in [2.75, 3.05) is 14.1 Å². The fourth-order valence-electron chi connectivity index (χ4n) is 1.63. The molecule has 0 bridgehead atoms. The van der Waals surface area contributed by atoms with Gasteiger partial charge in [0, 0.05) is 26.2 Å². The lowest BCUT2D eigenvalue weighted by molar-refractivity contribution is -0.139. The van der Waals surface area contributed by atoms with E-state index in [9.17, 15) is 4.79 Å². The van der Waals surface area contributed by atoms with Crippen molar-refractivity contribution in [2.24, 2.45) is 22.4 Å². The molecule has 0 heterocycles. The first kappa shape index (κ1) is 10.0. The van der Waals surface area contributed by atoms with Gasteiger partial charge in [-0.05, 0) is 5.41 Å². The number of nitrogens with zero attached hydrogens (tertiary/aromatic N) is 2. The van der Waals surface area contributed by atoms with E-state index in [-0.39, 0.29) is 17.3 Å². The van der Waals surface area contributed by atoms with Gasteiger partial charge < -0.3 is 10.1 Å². The maximum atomic E-state index is 10.8. The van der Waals surface area contributed by atoms with Crippen LogP contribution in [0, 0.1) is 17.3 Å². The number of carbonyl (C=O) groups is 1. The molecule has 74 valence electrons. The number of hydrogen-bond donors (Lipinski definition) is 1. The van der Waals surface area contributed by atoms with Crippen LogP contribution in [0.4, 0.5) is 0 Å². The lowest BCUT2D eigenvalue weighted by Gasteiger charge is -2.02. The highest BCUT2D eigenvalue weighted by Crippen LogP contribution is 2.57. The molecule has 1 fully saturated rings. The maximum absolute atomic E-state index is 10.8. The van der Waals surface area contributed by atoms with Crippen molar-refractivity contribution >= 4 is 12.2 Å². The Balaban J connectivity index is 2.61. The van der Waals surface area contributed by atoms with Gasteiger partial charge in [0.2, 0.25) is 0 Å². The second-order valence-electron chi connectivity index (χ2n) is 4.27. The molecule has 4 heteroatoms. The van der Waals surface area contributed by atoms with Gasteiger partial charge in [0.1, 0.15) is 0 Å². The SMILES string of the molecule is CN(C)N=CC1C(C(=O)O)C1(C)C. The quantitative estimate of drug-likeness (QED) is 0.523. The van der Waals surface area contributed by atoms with Crippen molar-refractivity contribution in [3.63, 3.8) is 0 Å². The van der Waals surface area contributed by atoms with E-state index in [4.69, 9.17) is 5.11 Å². The van der Waals surface area contributed by atoms with Crippen LogP contribution in [-0.2, 0) is 4.79 Å². The Hall–Kier alpha value is -1.06. The van der Waals surface area contributed by atoms with Crippen molar-refractivity contribution in [1.82, 2.24) is 5.01 Å². The summed E-state index contributed by atoms with van der Waals surface area (Å²) in [6.07, 6.45) is 1.73. The third kappa shape index (κ3) is 1.82. The summed E-state index contributed by atoms with van der Waals surface area (Å²) in [6.45, 7) is 3.91. The van der Waals surface area contributed by atoms with Crippen LogP contribution in [0.25, 0.3) is 0 Å². The van der Waals surface area contributed by atoms with E-state index >= 15 is 0 Å².